The lowest BCUT2D eigenvalue weighted by atomic mass is 10.2. The number of carbonyl (C=O) groups excluding carboxylic acids is 1. The van der Waals surface area contributed by atoms with Gasteiger partial charge in [-0.1, -0.05) is 48.9 Å². The lowest BCUT2D eigenvalue weighted by Crippen LogP contribution is -2.27. The van der Waals surface area contributed by atoms with Gasteiger partial charge in [-0.05, 0) is 23.8 Å². The second-order valence-corrected chi connectivity index (χ2v) is 5.73. The molecule has 3 rings (SSSR count). The Morgan fingerprint density at radius 1 is 1.17 bits per heavy atom. The van der Waals surface area contributed by atoms with Crippen LogP contribution in [0.3, 0.4) is 0 Å². The molecule has 3 aromatic rings. The second kappa shape index (κ2) is 6.84. The first-order chi connectivity index (χ1) is 11.2. The maximum Gasteiger partial charge on any atom is 0.240 e. The Morgan fingerprint density at radius 2 is 1.91 bits per heavy atom. The molecular formula is C18H18ClN3O. The van der Waals surface area contributed by atoms with Crippen molar-refractivity contribution in [1.82, 2.24) is 14.9 Å². The average Bonchev–Trinajstić information content (AvgIpc) is 2.92. The monoisotopic (exact) mass is 327 g/mol. The molecule has 2 aromatic carbocycles. The van der Waals surface area contributed by atoms with Gasteiger partial charge in [-0.15, -0.1) is 0 Å². The molecule has 1 heterocycles. The normalized spacial score (nSPS) is 10.9. The van der Waals surface area contributed by atoms with Crippen molar-refractivity contribution < 1.29 is 4.79 Å². The number of halogens is 1. The molecule has 0 fully saturated rings. The van der Waals surface area contributed by atoms with Gasteiger partial charge < -0.3 is 9.88 Å². The Labute approximate surface area is 140 Å². The van der Waals surface area contributed by atoms with Gasteiger partial charge in [0.15, 0.2) is 0 Å². The van der Waals surface area contributed by atoms with Crippen LogP contribution in [0.1, 0.15) is 18.3 Å². The number of nitrogens with zero attached hydrogens (tertiary/aromatic N) is 2. The fourth-order valence-electron chi connectivity index (χ4n) is 2.61. The lowest BCUT2D eigenvalue weighted by molar-refractivity contribution is -0.121. The highest BCUT2D eigenvalue weighted by molar-refractivity contribution is 6.31. The van der Waals surface area contributed by atoms with Crippen molar-refractivity contribution >= 4 is 28.5 Å². The van der Waals surface area contributed by atoms with Gasteiger partial charge in [0.2, 0.25) is 5.91 Å². The predicted molar refractivity (Wildman–Crippen MR) is 92.4 cm³/mol. The minimum Gasteiger partial charge on any atom is -0.350 e. The third-order valence-electron chi connectivity index (χ3n) is 3.79. The molecule has 4 nitrogen and oxygen atoms in total. The molecule has 0 unspecified atom stereocenters. The van der Waals surface area contributed by atoms with Crippen molar-refractivity contribution in [3.8, 4) is 0 Å². The van der Waals surface area contributed by atoms with Gasteiger partial charge in [0.05, 0.1) is 11.0 Å². The highest BCUT2D eigenvalue weighted by Crippen LogP contribution is 2.17. The highest BCUT2D eigenvalue weighted by atomic mass is 35.5. The van der Waals surface area contributed by atoms with Crippen molar-refractivity contribution in [3.63, 3.8) is 0 Å². The number of aryl methyl sites for hydroxylation is 1. The fraction of sp³-hybridized carbons (Fsp3) is 0.222. The summed E-state index contributed by atoms with van der Waals surface area (Å²) in [6.45, 7) is 2.72. The van der Waals surface area contributed by atoms with Crippen LogP contribution in [0.2, 0.25) is 5.02 Å². The Bertz CT molecular complexity index is 841. The summed E-state index contributed by atoms with van der Waals surface area (Å²) in [4.78, 5) is 16.9. The Kier molecular flexibility index (Phi) is 4.63. The van der Waals surface area contributed by atoms with Crippen LogP contribution in [-0.2, 0) is 24.3 Å². The smallest absolute Gasteiger partial charge is 0.240 e. The number of hydrogen-bond acceptors (Lipinski definition) is 2. The molecule has 0 aliphatic carbocycles. The van der Waals surface area contributed by atoms with Gasteiger partial charge in [0, 0.05) is 18.0 Å². The van der Waals surface area contributed by atoms with E-state index < -0.39 is 0 Å². The van der Waals surface area contributed by atoms with Crippen LogP contribution in [0, 0.1) is 0 Å². The summed E-state index contributed by atoms with van der Waals surface area (Å²) >= 11 is 6.11. The molecule has 0 aliphatic rings. The molecule has 23 heavy (non-hydrogen) atoms. The van der Waals surface area contributed by atoms with E-state index >= 15 is 0 Å². The third kappa shape index (κ3) is 3.37. The van der Waals surface area contributed by atoms with E-state index in [1.165, 1.54) is 0 Å². The van der Waals surface area contributed by atoms with Gasteiger partial charge in [-0.2, -0.15) is 0 Å². The van der Waals surface area contributed by atoms with Crippen LogP contribution < -0.4 is 5.32 Å². The number of carbonyl (C=O) groups is 1. The number of amides is 1. The standard InChI is InChI=1S/C18H18ClN3O/c1-2-17-21-15-9-5-6-10-16(15)22(17)12-18(23)20-11-13-7-3-4-8-14(13)19/h3-10H,2,11-12H2,1H3,(H,20,23). The SMILES string of the molecule is CCc1nc2ccccc2n1CC(=O)NCc1ccccc1Cl. The van der Waals surface area contributed by atoms with E-state index in [-0.39, 0.29) is 12.5 Å². The zero-order chi connectivity index (χ0) is 16.2. The van der Waals surface area contributed by atoms with Crippen LogP contribution in [0.5, 0.6) is 0 Å². The predicted octanol–water partition coefficient (Wildman–Crippen LogP) is 3.57. The maximum absolute atomic E-state index is 12.3. The first-order valence-corrected chi connectivity index (χ1v) is 8.01. The largest absolute Gasteiger partial charge is 0.350 e. The summed E-state index contributed by atoms with van der Waals surface area (Å²) in [6.07, 6.45) is 0.784. The number of benzene rings is 2. The van der Waals surface area contributed by atoms with Crippen molar-refractivity contribution in [2.45, 2.75) is 26.4 Å². The number of nitrogens with one attached hydrogen (secondary N) is 1. The number of fused-ring (bicyclic) bond motifs is 1. The van der Waals surface area contributed by atoms with Crippen LogP contribution >= 0.6 is 11.6 Å². The molecule has 118 valence electrons. The maximum atomic E-state index is 12.3. The van der Waals surface area contributed by atoms with Crippen molar-refractivity contribution in [3.05, 3.63) is 64.9 Å². The molecule has 5 heteroatoms. The summed E-state index contributed by atoms with van der Waals surface area (Å²) in [7, 11) is 0. The van der Waals surface area contributed by atoms with Crippen LogP contribution in [0.4, 0.5) is 0 Å². The Hall–Kier alpha value is -2.33. The molecule has 0 saturated heterocycles. The number of rotatable bonds is 5. The van der Waals surface area contributed by atoms with Crippen LogP contribution in [-0.4, -0.2) is 15.5 Å². The quantitative estimate of drug-likeness (QED) is 0.778. The van der Waals surface area contributed by atoms with E-state index in [1.807, 2.05) is 60.0 Å². The molecule has 0 saturated carbocycles. The number of hydrogen-bond donors (Lipinski definition) is 1. The minimum absolute atomic E-state index is 0.0530. The minimum atomic E-state index is -0.0530. The molecule has 1 amide bonds. The van der Waals surface area contributed by atoms with Gasteiger partial charge in [0.1, 0.15) is 12.4 Å². The topological polar surface area (TPSA) is 46.9 Å². The van der Waals surface area contributed by atoms with Crippen molar-refractivity contribution in [2.24, 2.45) is 0 Å². The average molecular weight is 328 g/mol. The van der Waals surface area contributed by atoms with Crippen molar-refractivity contribution in [1.29, 1.82) is 0 Å². The molecular weight excluding hydrogens is 310 g/mol. The van der Waals surface area contributed by atoms with E-state index in [0.29, 0.717) is 11.6 Å². The zero-order valence-electron chi connectivity index (χ0n) is 12.9. The van der Waals surface area contributed by atoms with Crippen LogP contribution in [0.25, 0.3) is 11.0 Å². The molecule has 1 aromatic heterocycles. The summed E-state index contributed by atoms with van der Waals surface area (Å²) in [5.74, 6) is 0.863. The number of imidazole rings is 1. The Morgan fingerprint density at radius 3 is 2.70 bits per heavy atom. The number of aromatic nitrogens is 2. The molecule has 0 spiro atoms. The second-order valence-electron chi connectivity index (χ2n) is 5.32. The molecule has 0 radical (unpaired) electrons. The summed E-state index contributed by atoms with van der Waals surface area (Å²) < 4.78 is 1.97. The van der Waals surface area contributed by atoms with Gasteiger partial charge in [0.25, 0.3) is 0 Å². The van der Waals surface area contributed by atoms with E-state index in [2.05, 4.69) is 10.3 Å². The highest BCUT2D eigenvalue weighted by Gasteiger charge is 2.12. The first kappa shape index (κ1) is 15.6. The number of para-hydroxylation sites is 2. The summed E-state index contributed by atoms with van der Waals surface area (Å²) in [6, 6.07) is 15.4. The van der Waals surface area contributed by atoms with E-state index in [9.17, 15) is 4.79 Å². The Balaban J connectivity index is 1.74. The van der Waals surface area contributed by atoms with Gasteiger partial charge in [-0.3, -0.25) is 4.79 Å². The molecule has 0 atom stereocenters. The van der Waals surface area contributed by atoms with Crippen LogP contribution in [0.15, 0.2) is 48.5 Å². The van der Waals surface area contributed by atoms with E-state index in [0.717, 1.165) is 28.8 Å². The fourth-order valence-corrected chi connectivity index (χ4v) is 2.81. The molecule has 1 N–H and O–H groups in total. The summed E-state index contributed by atoms with van der Waals surface area (Å²) in [5.41, 5.74) is 2.81. The first-order valence-electron chi connectivity index (χ1n) is 7.63. The lowest BCUT2D eigenvalue weighted by Gasteiger charge is -2.10. The van der Waals surface area contributed by atoms with Gasteiger partial charge in [-0.25, -0.2) is 4.98 Å². The van der Waals surface area contributed by atoms with Gasteiger partial charge >= 0.3 is 0 Å². The third-order valence-corrected chi connectivity index (χ3v) is 4.15. The molecule has 0 bridgehead atoms. The van der Waals surface area contributed by atoms with Crippen molar-refractivity contribution in [2.75, 3.05) is 0 Å². The summed E-state index contributed by atoms with van der Waals surface area (Å²) in [5, 5.41) is 3.58. The van der Waals surface area contributed by atoms with E-state index in [1.54, 1.807) is 0 Å². The van der Waals surface area contributed by atoms with E-state index in [4.69, 9.17) is 11.6 Å². The zero-order valence-corrected chi connectivity index (χ0v) is 13.7. The molecule has 0 aliphatic heterocycles.